The van der Waals surface area contributed by atoms with Crippen LogP contribution in [0, 0.1) is 6.92 Å². The molecule has 0 saturated heterocycles. The summed E-state index contributed by atoms with van der Waals surface area (Å²) in [5.74, 6) is -2.65. The largest absolute Gasteiger partial charge is 0.474 e. The molecule has 0 bridgehead atoms. The molecule has 0 aliphatic carbocycles. The highest BCUT2D eigenvalue weighted by molar-refractivity contribution is 6.31. The molecule has 2 amide bonds. The van der Waals surface area contributed by atoms with E-state index in [4.69, 9.17) is 5.11 Å². The number of hydrogen-bond acceptors (Lipinski definition) is 3. The molecule has 28 heavy (non-hydrogen) atoms. The monoisotopic (exact) mass is 382 g/mol. The fourth-order valence-electron chi connectivity index (χ4n) is 3.18. The minimum Gasteiger partial charge on any atom is -0.474 e. The molecule has 0 atom stereocenters. The van der Waals surface area contributed by atoms with E-state index in [-0.39, 0.29) is 12.5 Å². The number of hydrogen-bond donors (Lipinski definition) is 2. The highest BCUT2D eigenvalue weighted by atomic mass is 16.4. The van der Waals surface area contributed by atoms with Crippen molar-refractivity contribution in [3.63, 3.8) is 0 Å². The van der Waals surface area contributed by atoms with E-state index in [2.05, 4.69) is 11.9 Å². The van der Waals surface area contributed by atoms with Gasteiger partial charge in [-0.3, -0.25) is 9.59 Å². The van der Waals surface area contributed by atoms with Gasteiger partial charge in [0, 0.05) is 24.4 Å². The van der Waals surface area contributed by atoms with Crippen LogP contribution in [-0.2, 0) is 16.1 Å². The smallest absolute Gasteiger partial charge is 0.394 e. The van der Waals surface area contributed by atoms with Gasteiger partial charge in [-0.1, -0.05) is 24.8 Å². The Balaban J connectivity index is 2.24. The number of carbonyl (C=O) groups is 3. The second-order valence-electron chi connectivity index (χ2n) is 6.80. The number of aryl methyl sites for hydroxylation is 1. The first-order chi connectivity index (χ1) is 13.3. The summed E-state index contributed by atoms with van der Waals surface area (Å²) in [4.78, 5) is 36.8. The highest BCUT2D eigenvalue weighted by Crippen LogP contribution is 2.25. The zero-order valence-corrected chi connectivity index (χ0v) is 16.3. The van der Waals surface area contributed by atoms with Crippen LogP contribution in [0.25, 0.3) is 0 Å². The molecule has 0 unspecified atom stereocenters. The lowest BCUT2D eigenvalue weighted by Crippen LogP contribution is -2.31. The zero-order chi connectivity index (χ0) is 20.7. The van der Waals surface area contributed by atoms with Gasteiger partial charge in [0.2, 0.25) is 0 Å². The normalized spacial score (nSPS) is 14.7. The number of rotatable bonds is 5. The molecular weight excluding hydrogens is 356 g/mol. The summed E-state index contributed by atoms with van der Waals surface area (Å²) < 4.78 is 0. The van der Waals surface area contributed by atoms with Crippen molar-refractivity contribution in [3.8, 4) is 0 Å². The Bertz CT molecular complexity index is 852. The minimum absolute atomic E-state index is 0.0748. The lowest BCUT2D eigenvalue weighted by molar-refractivity contribution is -0.150. The maximum atomic E-state index is 13.2. The van der Waals surface area contributed by atoms with Gasteiger partial charge in [-0.25, -0.2) is 4.79 Å². The molecule has 0 aromatic heterocycles. The van der Waals surface area contributed by atoms with Gasteiger partial charge in [0.25, 0.3) is 5.91 Å². The summed E-state index contributed by atoms with van der Waals surface area (Å²) in [5.41, 5.74) is 4.23. The first-order valence-corrected chi connectivity index (χ1v) is 9.26. The van der Waals surface area contributed by atoms with E-state index in [1.807, 2.05) is 30.9 Å². The third kappa shape index (κ3) is 5.19. The number of carboxylic acids is 1. The van der Waals surface area contributed by atoms with E-state index >= 15 is 0 Å². The summed E-state index contributed by atoms with van der Waals surface area (Å²) in [6, 6.07) is 5.24. The standard InChI is InChI=1S/C22H26N2O4/c1-4-5-9-19-15(2)8-6-7-12-24(19)21(26)17-10-11-18(16(3)13-17)14-23-20(25)22(27)28/h4-5,9-11,13H,1,6-8,12,14H2,2-3H3,(H,23,25)(H,27,28)/b9-5-. The van der Waals surface area contributed by atoms with Gasteiger partial charge in [0.05, 0.1) is 0 Å². The van der Waals surface area contributed by atoms with Crippen molar-refractivity contribution in [1.82, 2.24) is 10.2 Å². The molecule has 1 aliphatic heterocycles. The van der Waals surface area contributed by atoms with Gasteiger partial charge in [0.15, 0.2) is 0 Å². The Morgan fingerprint density at radius 3 is 2.64 bits per heavy atom. The van der Waals surface area contributed by atoms with Crippen molar-refractivity contribution in [1.29, 1.82) is 0 Å². The Kier molecular flexibility index (Phi) is 7.32. The molecule has 2 rings (SSSR count). The zero-order valence-electron chi connectivity index (χ0n) is 16.3. The molecule has 0 fully saturated rings. The van der Waals surface area contributed by atoms with Crippen LogP contribution >= 0.6 is 0 Å². The summed E-state index contributed by atoms with van der Waals surface area (Å²) in [5, 5.41) is 11.0. The van der Waals surface area contributed by atoms with Gasteiger partial charge >= 0.3 is 11.9 Å². The fraction of sp³-hybridized carbons (Fsp3) is 0.318. The number of nitrogens with zero attached hydrogens (tertiary/aromatic N) is 1. The van der Waals surface area contributed by atoms with Crippen molar-refractivity contribution < 1.29 is 19.5 Å². The van der Waals surface area contributed by atoms with E-state index in [1.54, 1.807) is 24.3 Å². The van der Waals surface area contributed by atoms with E-state index in [0.29, 0.717) is 12.1 Å². The minimum atomic E-state index is -1.52. The van der Waals surface area contributed by atoms with E-state index in [9.17, 15) is 14.4 Å². The van der Waals surface area contributed by atoms with E-state index in [0.717, 1.165) is 36.1 Å². The average Bonchev–Trinajstić information content (AvgIpc) is 2.85. The van der Waals surface area contributed by atoms with Crippen LogP contribution in [0.15, 0.2) is 54.3 Å². The van der Waals surface area contributed by atoms with Crippen molar-refractivity contribution in [3.05, 3.63) is 71.0 Å². The molecule has 1 aliphatic rings. The molecule has 6 heteroatoms. The third-order valence-corrected chi connectivity index (χ3v) is 4.77. The van der Waals surface area contributed by atoms with Gasteiger partial charge in [-0.15, -0.1) is 0 Å². The number of benzene rings is 1. The quantitative estimate of drug-likeness (QED) is 0.604. The highest BCUT2D eigenvalue weighted by Gasteiger charge is 2.22. The molecule has 148 valence electrons. The van der Waals surface area contributed by atoms with Crippen LogP contribution in [0.1, 0.15) is 47.7 Å². The van der Waals surface area contributed by atoms with Crippen LogP contribution < -0.4 is 5.32 Å². The van der Waals surface area contributed by atoms with Gasteiger partial charge < -0.3 is 15.3 Å². The molecule has 1 aromatic rings. The molecule has 0 spiro atoms. The Morgan fingerprint density at radius 1 is 1.25 bits per heavy atom. The van der Waals surface area contributed by atoms with Crippen LogP contribution in [0.4, 0.5) is 0 Å². The van der Waals surface area contributed by atoms with E-state index in [1.165, 1.54) is 5.57 Å². The van der Waals surface area contributed by atoms with Crippen LogP contribution in [0.5, 0.6) is 0 Å². The number of carboxylic acid groups (broad SMARTS) is 1. The molecule has 0 saturated carbocycles. The Hall–Kier alpha value is -3.15. The SMILES string of the molecule is C=C/C=C\C1=C(C)CCCCN1C(=O)c1ccc(CNC(=O)C(=O)O)c(C)c1. The first-order valence-electron chi connectivity index (χ1n) is 9.26. The van der Waals surface area contributed by atoms with Gasteiger partial charge in [-0.2, -0.15) is 0 Å². The molecule has 2 N–H and O–H groups in total. The summed E-state index contributed by atoms with van der Waals surface area (Å²) in [6.07, 6.45) is 8.40. The molecule has 0 radical (unpaired) electrons. The summed E-state index contributed by atoms with van der Waals surface area (Å²) in [7, 11) is 0. The fourth-order valence-corrected chi connectivity index (χ4v) is 3.18. The van der Waals surface area contributed by atoms with Crippen LogP contribution in [0.3, 0.4) is 0 Å². The second kappa shape index (κ2) is 9.69. The Labute approximate surface area is 165 Å². The van der Waals surface area contributed by atoms with Crippen LogP contribution in [-0.4, -0.2) is 34.3 Å². The molecule has 1 heterocycles. The number of carbonyl (C=O) groups excluding carboxylic acids is 2. The Morgan fingerprint density at radius 2 is 2.00 bits per heavy atom. The number of amides is 2. The second-order valence-corrected chi connectivity index (χ2v) is 6.80. The summed E-state index contributed by atoms with van der Waals surface area (Å²) in [6.45, 7) is 8.34. The van der Waals surface area contributed by atoms with Gasteiger partial charge in [0.1, 0.15) is 0 Å². The summed E-state index contributed by atoms with van der Waals surface area (Å²) >= 11 is 0. The average molecular weight is 382 g/mol. The third-order valence-electron chi connectivity index (χ3n) is 4.77. The number of allylic oxidation sites excluding steroid dienone is 4. The lowest BCUT2D eigenvalue weighted by atomic mass is 10.0. The maximum Gasteiger partial charge on any atom is 0.394 e. The van der Waals surface area contributed by atoms with Crippen molar-refractivity contribution in [2.24, 2.45) is 0 Å². The number of aliphatic carboxylic acids is 1. The topological polar surface area (TPSA) is 86.7 Å². The molecular formula is C22H26N2O4. The maximum absolute atomic E-state index is 13.2. The van der Waals surface area contributed by atoms with Crippen LogP contribution in [0.2, 0.25) is 0 Å². The van der Waals surface area contributed by atoms with E-state index < -0.39 is 11.9 Å². The number of nitrogens with one attached hydrogen (secondary N) is 1. The molecule has 1 aromatic carbocycles. The van der Waals surface area contributed by atoms with Crippen molar-refractivity contribution in [2.45, 2.75) is 39.7 Å². The van der Waals surface area contributed by atoms with Crippen molar-refractivity contribution >= 4 is 17.8 Å². The predicted molar refractivity (Wildman–Crippen MR) is 108 cm³/mol. The lowest BCUT2D eigenvalue weighted by Gasteiger charge is -2.24. The first kappa shape index (κ1) is 21.2. The van der Waals surface area contributed by atoms with Crippen molar-refractivity contribution in [2.75, 3.05) is 6.54 Å². The van der Waals surface area contributed by atoms with Gasteiger partial charge in [-0.05, 0) is 68.0 Å². The molecule has 6 nitrogen and oxygen atoms in total. The predicted octanol–water partition coefficient (Wildman–Crippen LogP) is 3.34.